The summed E-state index contributed by atoms with van der Waals surface area (Å²) >= 11 is -4.35. The van der Waals surface area contributed by atoms with Crippen molar-refractivity contribution in [1.82, 2.24) is 0 Å². The van der Waals surface area contributed by atoms with Crippen LogP contribution in [0.4, 0.5) is 0 Å². The second kappa shape index (κ2) is 14.6. The van der Waals surface area contributed by atoms with Crippen LogP contribution >= 0.6 is 6.89 Å². The fourth-order valence-electron chi connectivity index (χ4n) is 6.22. The molecule has 0 unspecified atom stereocenters. The topological polar surface area (TPSA) is 0 Å². The summed E-state index contributed by atoms with van der Waals surface area (Å²) < 4.78 is 7.72. The zero-order valence-electron chi connectivity index (χ0n) is 25.5. The van der Waals surface area contributed by atoms with Gasteiger partial charge in [-0.3, -0.25) is 0 Å². The van der Waals surface area contributed by atoms with Crippen LogP contribution in [0.3, 0.4) is 0 Å². The quantitative estimate of drug-likeness (QED) is 0.129. The molecule has 0 aromatic heterocycles. The van der Waals surface area contributed by atoms with E-state index in [2.05, 4.69) is 212 Å². The summed E-state index contributed by atoms with van der Waals surface area (Å²) in [7, 11) is 0. The van der Waals surface area contributed by atoms with E-state index in [9.17, 15) is 0 Å². The molecule has 0 radical (unpaired) electrons. The number of rotatable bonds is 9. The Morgan fingerprint density at radius 3 is 0.674 bits per heavy atom. The third-order valence-electron chi connectivity index (χ3n) is 8.19. The summed E-state index contributed by atoms with van der Waals surface area (Å²) in [4.78, 5) is 0. The molecule has 0 aliphatic heterocycles. The van der Waals surface area contributed by atoms with Gasteiger partial charge in [0.2, 0.25) is 0 Å². The van der Waals surface area contributed by atoms with E-state index in [4.69, 9.17) is 0 Å². The van der Waals surface area contributed by atoms with Crippen molar-refractivity contribution in [3.63, 3.8) is 0 Å². The second-order valence-electron chi connectivity index (χ2n) is 11.0. The van der Waals surface area contributed by atoms with Crippen molar-refractivity contribution >= 4 is 72.4 Å². The molecule has 0 spiro atoms. The Bertz CT molecular complexity index is 1750. The van der Waals surface area contributed by atoms with Gasteiger partial charge in [-0.2, -0.15) is 0 Å². The monoisotopic (exact) mass is 732 g/mol. The van der Waals surface area contributed by atoms with Gasteiger partial charge in [0.15, 0.2) is 0 Å². The fourth-order valence-corrected chi connectivity index (χ4v) is 35.6. The second-order valence-corrected chi connectivity index (χ2v) is 26.5. The summed E-state index contributed by atoms with van der Waals surface area (Å²) in [5.41, 5.74) is 0. The molecule has 0 saturated heterocycles. The number of hydrogen-bond acceptors (Lipinski definition) is 0. The first-order valence-electron chi connectivity index (χ1n) is 15.6. The molecule has 0 N–H and O–H groups in total. The van der Waals surface area contributed by atoms with Crippen LogP contribution in [0.5, 0.6) is 0 Å². The molecular weight excluding hydrogens is 697 g/mol. The fraction of sp³-hybridized carbons (Fsp3) is 0. The van der Waals surface area contributed by atoms with Gasteiger partial charge in [-0.25, -0.2) is 0 Å². The van der Waals surface area contributed by atoms with E-state index < -0.39 is 36.2 Å². The Morgan fingerprint density at radius 2 is 0.457 bits per heavy atom. The number of hydrogen-bond donors (Lipinski definition) is 0. The van der Waals surface area contributed by atoms with E-state index in [1.807, 2.05) is 0 Å². The van der Waals surface area contributed by atoms with Gasteiger partial charge in [-0.15, -0.1) is 0 Å². The van der Waals surface area contributed by atoms with Crippen molar-refractivity contribution in [3.05, 3.63) is 212 Å². The van der Waals surface area contributed by atoms with E-state index in [0.29, 0.717) is 0 Å². The molecule has 0 fully saturated rings. The zero-order valence-corrected chi connectivity index (χ0v) is 30.2. The molecule has 46 heavy (non-hydrogen) atoms. The van der Waals surface area contributed by atoms with Gasteiger partial charge < -0.3 is 0 Å². The van der Waals surface area contributed by atoms with Gasteiger partial charge in [-0.1, -0.05) is 0 Å². The summed E-state index contributed by atoms with van der Waals surface area (Å²) in [6.45, 7) is -2.39. The predicted octanol–water partition coefficient (Wildman–Crippen LogP) is 5.85. The first-order chi connectivity index (χ1) is 22.9. The third kappa shape index (κ3) is 6.07. The molecule has 0 amide bonds. The van der Waals surface area contributed by atoms with Crippen LogP contribution in [0.1, 0.15) is 0 Å². The molecule has 0 saturated carbocycles. The molecule has 0 aliphatic carbocycles. The van der Waals surface area contributed by atoms with Crippen LogP contribution in [-0.4, -0.2) is 32.2 Å². The van der Waals surface area contributed by atoms with Crippen LogP contribution in [0.25, 0.3) is 0 Å². The number of benzene rings is 7. The molecule has 0 nitrogen and oxygen atoms in total. The van der Waals surface area contributed by atoms with Crippen LogP contribution in [0.15, 0.2) is 212 Å². The summed E-state index contributed by atoms with van der Waals surface area (Å²) in [6.07, 6.45) is 0. The van der Waals surface area contributed by atoms with Gasteiger partial charge in [0.1, 0.15) is 0 Å². The predicted molar refractivity (Wildman–Crippen MR) is 206 cm³/mol. The van der Waals surface area contributed by atoms with Crippen LogP contribution in [-0.2, 0) is 0 Å². The minimum atomic E-state index is -2.39. The Hall–Kier alpha value is -4.04. The molecule has 0 heterocycles. The summed E-state index contributed by atoms with van der Waals surface area (Å²) in [5, 5.41) is 4.29. The van der Waals surface area contributed by atoms with Crippen molar-refractivity contribution in [3.8, 4) is 0 Å². The molecule has 7 aromatic rings. The van der Waals surface area contributed by atoms with Crippen LogP contribution < -0.4 is 33.3 Å². The average molecular weight is 733 g/mol. The van der Waals surface area contributed by atoms with E-state index in [1.165, 1.54) is 33.3 Å². The van der Waals surface area contributed by atoms with Gasteiger partial charge in [0.25, 0.3) is 0 Å². The van der Waals surface area contributed by atoms with Gasteiger partial charge in [0, 0.05) is 0 Å². The minimum absolute atomic E-state index is 1.43. The molecule has 7 rings (SSSR count). The van der Waals surface area contributed by atoms with E-state index in [1.54, 1.807) is 2.87 Å². The van der Waals surface area contributed by atoms with Crippen LogP contribution in [0, 0.1) is 0 Å². The maximum atomic E-state index is 2.42. The Kier molecular flexibility index (Phi) is 9.70. The van der Waals surface area contributed by atoms with Crippen molar-refractivity contribution in [2.24, 2.45) is 0 Å². The van der Waals surface area contributed by atoms with Crippen molar-refractivity contribution in [2.45, 2.75) is 0 Å². The van der Waals surface area contributed by atoms with Crippen molar-refractivity contribution in [2.75, 3.05) is 0 Å². The van der Waals surface area contributed by atoms with Gasteiger partial charge in [0.05, 0.1) is 0 Å². The molecular formula is C43H35As2P. The molecule has 222 valence electrons. The van der Waals surface area contributed by atoms with E-state index in [0.717, 1.165) is 0 Å². The van der Waals surface area contributed by atoms with Crippen molar-refractivity contribution in [1.29, 1.82) is 0 Å². The Morgan fingerprint density at radius 1 is 0.261 bits per heavy atom. The standard InChI is InChI=1S/C43H35As2P/c1-8-22-36(23-9-1)44(37-24-10-2-11-25-37)43(45(38-26-12-3-13-27-38)39-28-14-4-15-29-39)46(40-30-16-5-17-31-40,41-32-18-6-19-33-41)42-34-20-7-21-35-42/h1-35H. The molecule has 0 atom stereocenters. The van der Waals surface area contributed by atoms with Crippen LogP contribution in [0.2, 0.25) is 0 Å². The molecule has 7 aromatic carbocycles. The summed E-state index contributed by atoms with van der Waals surface area (Å²) in [6, 6.07) is 80.4. The van der Waals surface area contributed by atoms with E-state index in [-0.39, 0.29) is 0 Å². The molecule has 0 bridgehead atoms. The van der Waals surface area contributed by atoms with E-state index >= 15 is 0 Å². The third-order valence-corrected chi connectivity index (χ3v) is 30.7. The normalized spacial score (nSPS) is 11.4. The zero-order chi connectivity index (χ0) is 31.0. The Labute approximate surface area is 282 Å². The molecule has 3 heteroatoms. The SMILES string of the molecule is c1ccc([As](C([As](c2ccccc2)c2ccccc2)=P(c2ccccc2)(c2ccccc2)c2ccccc2)c2ccccc2)cc1. The molecule has 0 aliphatic rings. The average Bonchev–Trinajstić information content (AvgIpc) is 3.15. The van der Waals surface area contributed by atoms with Gasteiger partial charge in [-0.05, 0) is 0 Å². The summed E-state index contributed by atoms with van der Waals surface area (Å²) in [5.74, 6) is 0. The van der Waals surface area contributed by atoms with Gasteiger partial charge >= 0.3 is 285 Å². The van der Waals surface area contributed by atoms with Crippen molar-refractivity contribution < 1.29 is 0 Å². The first-order valence-corrected chi connectivity index (χ1v) is 23.0. The first kappa shape index (κ1) is 30.6. The Balaban J connectivity index is 1.80. The maximum absolute atomic E-state index is 2.42.